The number of hydrogen-bond donors (Lipinski definition) is 2. The highest BCUT2D eigenvalue weighted by Gasteiger charge is 2.38. The first kappa shape index (κ1) is 24.0. The van der Waals surface area contributed by atoms with Crippen LogP contribution in [0.2, 0.25) is 0 Å². The molecular weight excluding hydrogens is 422 g/mol. The van der Waals surface area contributed by atoms with Gasteiger partial charge in [-0.2, -0.15) is 0 Å². The number of rotatable bonds is 7. The number of carbonyl (C=O) groups excluding carboxylic acids is 1. The van der Waals surface area contributed by atoms with Crippen molar-refractivity contribution in [3.8, 4) is 16.9 Å². The number of pyridine rings is 1. The Morgan fingerprint density at radius 2 is 1.71 bits per heavy atom. The maximum atomic E-state index is 13.0. The van der Waals surface area contributed by atoms with Crippen molar-refractivity contribution >= 4 is 11.6 Å². The Morgan fingerprint density at radius 3 is 2.35 bits per heavy atom. The molecule has 1 aliphatic rings. The second-order valence-electron chi connectivity index (χ2n) is 10.8. The normalized spacial score (nSPS) is 17.3. The summed E-state index contributed by atoms with van der Waals surface area (Å²) < 4.78 is 6.01. The number of benzene rings is 2. The number of anilines is 1. The fourth-order valence-electron chi connectivity index (χ4n) is 5.35. The van der Waals surface area contributed by atoms with E-state index < -0.39 is 0 Å². The first-order valence-corrected chi connectivity index (χ1v) is 11.9. The van der Waals surface area contributed by atoms with Crippen LogP contribution in [0.5, 0.6) is 5.75 Å². The van der Waals surface area contributed by atoms with Crippen molar-refractivity contribution in [2.24, 2.45) is 5.92 Å². The molecule has 0 aliphatic carbocycles. The zero-order valence-electron chi connectivity index (χ0n) is 20.6. The van der Waals surface area contributed by atoms with Gasteiger partial charge in [0.25, 0.3) is 0 Å². The number of nitrogens with one attached hydrogen (secondary N) is 1. The molecule has 178 valence electrons. The molecule has 0 unspecified atom stereocenters. The Hall–Kier alpha value is -3.18. The average molecular weight is 458 g/mol. The van der Waals surface area contributed by atoms with Crippen LogP contribution < -0.4 is 15.8 Å². The first-order valence-electron chi connectivity index (χ1n) is 11.9. The van der Waals surface area contributed by atoms with Crippen molar-refractivity contribution < 1.29 is 9.53 Å². The molecule has 1 aromatic heterocycles. The lowest BCUT2D eigenvalue weighted by molar-refractivity contribution is 0.0864. The minimum absolute atomic E-state index is 0.0512. The van der Waals surface area contributed by atoms with Crippen LogP contribution in [0.1, 0.15) is 62.9 Å². The highest BCUT2D eigenvalue weighted by molar-refractivity contribution is 5.96. The van der Waals surface area contributed by atoms with Gasteiger partial charge in [0.1, 0.15) is 18.2 Å². The predicted octanol–water partition coefficient (Wildman–Crippen LogP) is 6.04. The number of aromatic nitrogens is 1. The van der Waals surface area contributed by atoms with Crippen LogP contribution in [0.15, 0.2) is 66.9 Å². The molecule has 1 aliphatic heterocycles. The monoisotopic (exact) mass is 457 g/mol. The van der Waals surface area contributed by atoms with E-state index in [4.69, 9.17) is 10.5 Å². The summed E-state index contributed by atoms with van der Waals surface area (Å²) in [5, 5.41) is 3.69. The molecule has 5 nitrogen and oxygen atoms in total. The van der Waals surface area contributed by atoms with Gasteiger partial charge in [-0.3, -0.25) is 4.79 Å². The van der Waals surface area contributed by atoms with Gasteiger partial charge in [0.05, 0.1) is 0 Å². The number of Topliss-reactive ketones (excluding diaryl/α,β-unsaturated/α-hetero) is 1. The summed E-state index contributed by atoms with van der Waals surface area (Å²) in [6.45, 7) is 9.34. The lowest BCUT2D eigenvalue weighted by Gasteiger charge is -2.46. The minimum atomic E-state index is 0.0512. The molecule has 0 amide bonds. The molecule has 34 heavy (non-hydrogen) atoms. The van der Waals surface area contributed by atoms with Crippen LogP contribution >= 0.6 is 0 Å². The van der Waals surface area contributed by atoms with Crippen LogP contribution in [0, 0.1) is 5.92 Å². The van der Waals surface area contributed by atoms with Crippen molar-refractivity contribution in [3.05, 3.63) is 78.0 Å². The van der Waals surface area contributed by atoms with Crippen molar-refractivity contribution in [3.63, 3.8) is 0 Å². The molecule has 0 saturated carbocycles. The second kappa shape index (κ2) is 9.59. The fraction of sp³-hybridized carbons (Fsp3) is 0.379. The van der Waals surface area contributed by atoms with Crippen LogP contribution in [-0.4, -0.2) is 21.8 Å². The fourth-order valence-corrected chi connectivity index (χ4v) is 5.35. The Balaban J connectivity index is 1.35. The van der Waals surface area contributed by atoms with E-state index in [-0.39, 0.29) is 16.9 Å². The molecule has 2 aromatic carbocycles. The molecule has 0 bridgehead atoms. The van der Waals surface area contributed by atoms with Crippen molar-refractivity contribution in [2.75, 3.05) is 5.73 Å². The van der Waals surface area contributed by atoms with Gasteiger partial charge in [-0.25, -0.2) is 4.98 Å². The van der Waals surface area contributed by atoms with Gasteiger partial charge in [-0.1, -0.05) is 36.4 Å². The lowest BCUT2D eigenvalue weighted by Crippen LogP contribution is -2.57. The SMILES string of the molecule is CC1(C)CC(CC(=O)c2ccc(COc3cccc(-c4ccc(N)nc4)c3)cc2)CC(C)(C)N1. The highest BCUT2D eigenvalue weighted by atomic mass is 16.5. The third-order valence-electron chi connectivity index (χ3n) is 6.38. The summed E-state index contributed by atoms with van der Waals surface area (Å²) in [4.78, 5) is 17.1. The van der Waals surface area contributed by atoms with Gasteiger partial charge in [-0.15, -0.1) is 0 Å². The maximum absolute atomic E-state index is 13.0. The molecule has 1 saturated heterocycles. The molecule has 3 aromatic rings. The van der Waals surface area contributed by atoms with Gasteiger partial charge in [-0.05, 0) is 81.8 Å². The summed E-state index contributed by atoms with van der Waals surface area (Å²) in [6, 6.07) is 19.5. The second-order valence-corrected chi connectivity index (χ2v) is 10.8. The summed E-state index contributed by atoms with van der Waals surface area (Å²) in [5.74, 6) is 1.90. The van der Waals surface area contributed by atoms with Gasteiger partial charge in [0.15, 0.2) is 5.78 Å². The van der Waals surface area contributed by atoms with Crippen molar-refractivity contribution in [1.29, 1.82) is 0 Å². The number of ether oxygens (including phenoxy) is 1. The summed E-state index contributed by atoms with van der Waals surface area (Å²) in [5.41, 5.74) is 9.60. The molecule has 1 fully saturated rings. The quantitative estimate of drug-likeness (QED) is 0.423. The molecule has 0 atom stereocenters. The topological polar surface area (TPSA) is 77.2 Å². The zero-order chi connectivity index (χ0) is 24.3. The molecule has 2 heterocycles. The number of nitrogens with two attached hydrogens (primary N) is 1. The van der Waals surface area contributed by atoms with Crippen LogP contribution in [0.25, 0.3) is 11.1 Å². The van der Waals surface area contributed by atoms with E-state index in [1.54, 1.807) is 12.3 Å². The van der Waals surface area contributed by atoms with E-state index in [1.165, 1.54) is 0 Å². The van der Waals surface area contributed by atoms with Gasteiger partial charge >= 0.3 is 0 Å². The molecule has 3 N–H and O–H groups in total. The zero-order valence-corrected chi connectivity index (χ0v) is 20.6. The highest BCUT2D eigenvalue weighted by Crippen LogP contribution is 2.35. The molecule has 4 rings (SSSR count). The van der Waals surface area contributed by atoms with E-state index in [1.807, 2.05) is 54.6 Å². The van der Waals surface area contributed by atoms with Gasteiger partial charge in [0.2, 0.25) is 0 Å². The van der Waals surface area contributed by atoms with Crippen LogP contribution in [0.3, 0.4) is 0 Å². The smallest absolute Gasteiger partial charge is 0.163 e. The number of nitrogens with zero attached hydrogens (tertiary/aromatic N) is 1. The van der Waals surface area contributed by atoms with E-state index in [0.29, 0.717) is 24.8 Å². The third-order valence-corrected chi connectivity index (χ3v) is 6.38. The van der Waals surface area contributed by atoms with E-state index in [9.17, 15) is 4.79 Å². The summed E-state index contributed by atoms with van der Waals surface area (Å²) in [6.07, 6.45) is 4.38. The summed E-state index contributed by atoms with van der Waals surface area (Å²) in [7, 11) is 0. The largest absolute Gasteiger partial charge is 0.489 e. The number of ketones is 1. The number of piperidine rings is 1. The number of hydrogen-bond acceptors (Lipinski definition) is 5. The van der Waals surface area contributed by atoms with Gasteiger partial charge < -0.3 is 15.8 Å². The lowest BCUT2D eigenvalue weighted by atomic mass is 9.74. The number of nitrogen functional groups attached to an aromatic ring is 1. The van der Waals surface area contributed by atoms with Crippen LogP contribution in [0.4, 0.5) is 5.82 Å². The van der Waals surface area contributed by atoms with Gasteiger partial charge in [0, 0.05) is 34.8 Å². The van der Waals surface area contributed by atoms with E-state index >= 15 is 0 Å². The average Bonchev–Trinajstić information content (AvgIpc) is 2.76. The molecule has 5 heteroatoms. The molecular formula is C29H35N3O2. The Kier molecular flexibility index (Phi) is 6.76. The standard InChI is InChI=1S/C29H35N3O2/c1-28(2)16-21(17-29(3,4)32-28)14-26(33)22-10-8-20(9-11-22)19-34-25-7-5-6-23(15-25)24-12-13-27(30)31-18-24/h5-13,15,18,21,32H,14,16-17,19H2,1-4H3,(H2,30,31). The first-order chi connectivity index (χ1) is 16.1. The van der Waals surface area contributed by atoms with Crippen molar-refractivity contribution in [2.45, 2.75) is 64.6 Å². The third kappa shape index (κ3) is 6.23. The van der Waals surface area contributed by atoms with Crippen molar-refractivity contribution in [1.82, 2.24) is 10.3 Å². The number of carbonyl (C=O) groups is 1. The molecule has 0 spiro atoms. The molecule has 0 radical (unpaired) electrons. The Bertz CT molecular complexity index is 1120. The maximum Gasteiger partial charge on any atom is 0.163 e. The predicted molar refractivity (Wildman–Crippen MR) is 138 cm³/mol. The Morgan fingerprint density at radius 1 is 1.00 bits per heavy atom. The Labute approximate surface area is 202 Å². The summed E-state index contributed by atoms with van der Waals surface area (Å²) >= 11 is 0. The minimum Gasteiger partial charge on any atom is -0.489 e. The van der Waals surface area contributed by atoms with E-state index in [0.717, 1.165) is 40.8 Å². The van der Waals surface area contributed by atoms with Crippen LogP contribution in [-0.2, 0) is 6.61 Å². The van der Waals surface area contributed by atoms with E-state index in [2.05, 4.69) is 38.0 Å².